The predicted molar refractivity (Wildman–Crippen MR) is 77.6 cm³/mol. The van der Waals surface area contributed by atoms with E-state index in [4.69, 9.17) is 9.15 Å². The fourth-order valence-corrected chi connectivity index (χ4v) is 2.84. The number of furan rings is 1. The Labute approximate surface area is 121 Å². The summed E-state index contributed by atoms with van der Waals surface area (Å²) in [5.74, 6) is 1.92. The number of hydrogen-bond donors (Lipinski definition) is 1. The molecule has 0 bridgehead atoms. The number of hydrogen-bond acceptors (Lipinski definition) is 3. The van der Waals surface area contributed by atoms with Crippen LogP contribution in [0.2, 0.25) is 0 Å². The van der Waals surface area contributed by atoms with Gasteiger partial charge in [-0.2, -0.15) is 0 Å². The SMILES string of the molecule is CCNC(c1ccc(Br)o1)c1cccc2c1OCC2. The van der Waals surface area contributed by atoms with Crippen LogP contribution in [-0.4, -0.2) is 13.2 Å². The van der Waals surface area contributed by atoms with Gasteiger partial charge in [-0.3, -0.25) is 0 Å². The van der Waals surface area contributed by atoms with Gasteiger partial charge >= 0.3 is 0 Å². The van der Waals surface area contributed by atoms with E-state index in [0.29, 0.717) is 0 Å². The van der Waals surface area contributed by atoms with E-state index in [1.165, 1.54) is 5.56 Å². The third-order valence-corrected chi connectivity index (χ3v) is 3.77. The molecule has 2 heterocycles. The van der Waals surface area contributed by atoms with Gasteiger partial charge in [-0.1, -0.05) is 25.1 Å². The van der Waals surface area contributed by atoms with Gasteiger partial charge in [0, 0.05) is 12.0 Å². The first-order valence-electron chi connectivity index (χ1n) is 6.52. The molecule has 0 saturated carbocycles. The van der Waals surface area contributed by atoms with Crippen molar-refractivity contribution in [1.29, 1.82) is 0 Å². The van der Waals surface area contributed by atoms with Crippen LogP contribution in [0.4, 0.5) is 0 Å². The van der Waals surface area contributed by atoms with Crippen molar-refractivity contribution in [3.63, 3.8) is 0 Å². The first-order chi connectivity index (χ1) is 9.29. The number of halogens is 1. The summed E-state index contributed by atoms with van der Waals surface area (Å²) in [5.41, 5.74) is 2.43. The van der Waals surface area contributed by atoms with Crippen molar-refractivity contribution in [2.75, 3.05) is 13.2 Å². The molecule has 0 radical (unpaired) electrons. The van der Waals surface area contributed by atoms with Crippen LogP contribution in [-0.2, 0) is 6.42 Å². The van der Waals surface area contributed by atoms with E-state index in [0.717, 1.165) is 41.3 Å². The Morgan fingerprint density at radius 1 is 1.32 bits per heavy atom. The van der Waals surface area contributed by atoms with Gasteiger partial charge in [0.05, 0.1) is 12.6 Å². The van der Waals surface area contributed by atoms with Gasteiger partial charge in [0.1, 0.15) is 11.5 Å². The maximum atomic E-state index is 5.79. The van der Waals surface area contributed by atoms with Gasteiger partial charge in [0.25, 0.3) is 0 Å². The second-order valence-corrected chi connectivity index (χ2v) is 5.35. The normalized spacial score (nSPS) is 15.1. The molecule has 1 aliphatic rings. The summed E-state index contributed by atoms with van der Waals surface area (Å²) in [6, 6.07) is 10.3. The van der Waals surface area contributed by atoms with Gasteiger partial charge in [-0.15, -0.1) is 0 Å². The number of para-hydroxylation sites is 1. The second kappa shape index (κ2) is 5.39. The van der Waals surface area contributed by atoms with Gasteiger partial charge in [-0.05, 0) is 40.2 Å². The summed E-state index contributed by atoms with van der Waals surface area (Å²) in [6.07, 6.45) is 0.990. The van der Waals surface area contributed by atoms with E-state index in [2.05, 4.69) is 46.4 Å². The quantitative estimate of drug-likeness (QED) is 0.932. The molecule has 2 aromatic rings. The molecule has 4 heteroatoms. The Morgan fingerprint density at radius 3 is 2.95 bits per heavy atom. The van der Waals surface area contributed by atoms with Gasteiger partial charge < -0.3 is 14.5 Å². The lowest BCUT2D eigenvalue weighted by Crippen LogP contribution is -2.22. The minimum absolute atomic E-state index is 0.0318. The summed E-state index contributed by atoms with van der Waals surface area (Å²) in [7, 11) is 0. The third-order valence-electron chi connectivity index (χ3n) is 3.34. The van der Waals surface area contributed by atoms with Crippen molar-refractivity contribution in [1.82, 2.24) is 5.32 Å². The lowest BCUT2D eigenvalue weighted by atomic mass is 10.00. The Bertz CT molecular complexity index is 579. The average Bonchev–Trinajstić information content (AvgIpc) is 3.04. The zero-order chi connectivity index (χ0) is 13.2. The van der Waals surface area contributed by atoms with Crippen molar-refractivity contribution in [3.8, 4) is 5.75 Å². The van der Waals surface area contributed by atoms with E-state index in [9.17, 15) is 0 Å². The molecule has 1 aromatic carbocycles. The first kappa shape index (κ1) is 12.8. The molecular formula is C15H16BrNO2. The highest BCUT2D eigenvalue weighted by Crippen LogP contribution is 2.37. The first-order valence-corrected chi connectivity index (χ1v) is 7.32. The van der Waals surface area contributed by atoms with Crippen LogP contribution < -0.4 is 10.1 Å². The highest BCUT2D eigenvalue weighted by atomic mass is 79.9. The standard InChI is InChI=1S/C15H16BrNO2/c1-2-17-14(12-6-7-13(16)19-12)11-5-3-4-10-8-9-18-15(10)11/h3-7,14,17H,2,8-9H2,1H3. The van der Waals surface area contributed by atoms with Crippen LogP contribution in [0.25, 0.3) is 0 Å². The van der Waals surface area contributed by atoms with E-state index in [-0.39, 0.29) is 6.04 Å². The molecule has 0 spiro atoms. The highest BCUT2D eigenvalue weighted by molar-refractivity contribution is 9.10. The molecule has 0 saturated heterocycles. The maximum absolute atomic E-state index is 5.79. The summed E-state index contributed by atoms with van der Waals surface area (Å²) in [4.78, 5) is 0. The number of ether oxygens (including phenoxy) is 1. The fraction of sp³-hybridized carbons (Fsp3) is 0.333. The zero-order valence-electron chi connectivity index (χ0n) is 10.8. The maximum Gasteiger partial charge on any atom is 0.169 e. The van der Waals surface area contributed by atoms with E-state index >= 15 is 0 Å². The van der Waals surface area contributed by atoms with Crippen LogP contribution in [0.1, 0.15) is 29.9 Å². The Hall–Kier alpha value is -1.26. The smallest absolute Gasteiger partial charge is 0.169 e. The van der Waals surface area contributed by atoms with Gasteiger partial charge in [-0.25, -0.2) is 0 Å². The van der Waals surface area contributed by atoms with Crippen LogP contribution in [0.15, 0.2) is 39.4 Å². The summed E-state index contributed by atoms with van der Waals surface area (Å²) < 4.78 is 12.3. The van der Waals surface area contributed by atoms with Gasteiger partial charge in [0.2, 0.25) is 0 Å². The third kappa shape index (κ3) is 2.42. The van der Waals surface area contributed by atoms with Gasteiger partial charge in [0.15, 0.2) is 4.67 Å². The molecule has 3 rings (SSSR count). The van der Waals surface area contributed by atoms with Crippen LogP contribution in [0, 0.1) is 0 Å². The van der Waals surface area contributed by atoms with Crippen molar-refractivity contribution < 1.29 is 9.15 Å². The van der Waals surface area contributed by atoms with Crippen LogP contribution >= 0.6 is 15.9 Å². The van der Waals surface area contributed by atoms with Crippen LogP contribution in [0.5, 0.6) is 5.75 Å². The topological polar surface area (TPSA) is 34.4 Å². The summed E-state index contributed by atoms with van der Waals surface area (Å²) in [5, 5.41) is 3.46. The predicted octanol–water partition coefficient (Wildman–Crippen LogP) is 3.68. The largest absolute Gasteiger partial charge is 0.493 e. The molecule has 0 amide bonds. The molecule has 0 fully saturated rings. The number of nitrogens with one attached hydrogen (secondary N) is 1. The molecule has 3 nitrogen and oxygen atoms in total. The summed E-state index contributed by atoms with van der Waals surface area (Å²) >= 11 is 3.36. The summed E-state index contributed by atoms with van der Waals surface area (Å²) in [6.45, 7) is 3.73. The van der Waals surface area contributed by atoms with Crippen LogP contribution in [0.3, 0.4) is 0 Å². The lowest BCUT2D eigenvalue weighted by Gasteiger charge is -2.18. The Morgan fingerprint density at radius 2 is 2.21 bits per heavy atom. The van der Waals surface area contributed by atoms with Crippen molar-refractivity contribution >= 4 is 15.9 Å². The number of benzene rings is 1. The fourth-order valence-electron chi connectivity index (χ4n) is 2.52. The number of rotatable bonds is 4. The molecule has 1 N–H and O–H groups in total. The van der Waals surface area contributed by atoms with E-state index in [1.807, 2.05) is 12.1 Å². The second-order valence-electron chi connectivity index (χ2n) is 4.57. The van der Waals surface area contributed by atoms with E-state index in [1.54, 1.807) is 0 Å². The monoisotopic (exact) mass is 321 g/mol. The molecule has 0 aliphatic carbocycles. The van der Waals surface area contributed by atoms with E-state index < -0.39 is 0 Å². The Balaban J connectivity index is 2.03. The minimum Gasteiger partial charge on any atom is -0.493 e. The molecule has 19 heavy (non-hydrogen) atoms. The van der Waals surface area contributed by atoms with Crippen molar-refractivity contribution in [3.05, 3.63) is 51.9 Å². The number of fused-ring (bicyclic) bond motifs is 1. The van der Waals surface area contributed by atoms with Crippen molar-refractivity contribution in [2.45, 2.75) is 19.4 Å². The molecule has 100 valence electrons. The molecule has 1 aromatic heterocycles. The molecule has 1 aliphatic heterocycles. The zero-order valence-corrected chi connectivity index (χ0v) is 12.4. The molecular weight excluding hydrogens is 306 g/mol. The highest BCUT2D eigenvalue weighted by Gasteiger charge is 2.24. The Kier molecular flexibility index (Phi) is 3.62. The average molecular weight is 322 g/mol. The molecule has 1 atom stereocenters. The lowest BCUT2D eigenvalue weighted by molar-refractivity contribution is 0.346. The minimum atomic E-state index is 0.0318. The van der Waals surface area contributed by atoms with Crippen molar-refractivity contribution in [2.24, 2.45) is 0 Å². The molecule has 1 unspecified atom stereocenters.